The smallest absolute Gasteiger partial charge is 0.308 e. The summed E-state index contributed by atoms with van der Waals surface area (Å²) in [6.07, 6.45) is 2.85. The lowest BCUT2D eigenvalue weighted by molar-refractivity contribution is -0.150. The summed E-state index contributed by atoms with van der Waals surface area (Å²) >= 11 is 1.53. The molecule has 2 amide bonds. The number of likely N-dealkylation sites (tertiary alicyclic amines) is 1. The Kier molecular flexibility index (Phi) is 6.07. The number of hydrogen-bond acceptors (Lipinski definition) is 5. The maximum Gasteiger partial charge on any atom is 0.308 e. The van der Waals surface area contributed by atoms with Gasteiger partial charge in [-0.05, 0) is 32.6 Å². The van der Waals surface area contributed by atoms with Gasteiger partial charge in [0, 0.05) is 17.8 Å². The molecule has 29 heavy (non-hydrogen) atoms. The summed E-state index contributed by atoms with van der Waals surface area (Å²) in [6.45, 7) is 11.6. The van der Waals surface area contributed by atoms with E-state index in [9.17, 15) is 24.6 Å². The van der Waals surface area contributed by atoms with E-state index >= 15 is 0 Å². The van der Waals surface area contributed by atoms with Gasteiger partial charge in [-0.3, -0.25) is 14.4 Å². The van der Waals surface area contributed by atoms with Gasteiger partial charge in [0.15, 0.2) is 0 Å². The zero-order valence-electron chi connectivity index (χ0n) is 17.6. The number of thioether (sulfide) groups is 1. The first-order valence-corrected chi connectivity index (χ1v) is 11.3. The monoisotopic (exact) mass is 424 g/mol. The molecule has 0 aliphatic carbocycles. The molecule has 0 aromatic rings. The van der Waals surface area contributed by atoms with Crippen LogP contribution >= 0.6 is 11.8 Å². The maximum atomic E-state index is 13.9. The van der Waals surface area contributed by atoms with E-state index in [-0.39, 0.29) is 35.6 Å². The van der Waals surface area contributed by atoms with Gasteiger partial charge in [-0.1, -0.05) is 19.9 Å². The fraction of sp³-hybridized carbons (Fsp3) is 0.762. The van der Waals surface area contributed by atoms with Gasteiger partial charge in [-0.15, -0.1) is 18.3 Å². The summed E-state index contributed by atoms with van der Waals surface area (Å²) in [5.41, 5.74) is 0. The number of aliphatic hydroxyl groups is 1. The van der Waals surface area contributed by atoms with Crippen LogP contribution in [-0.4, -0.2) is 79.1 Å². The summed E-state index contributed by atoms with van der Waals surface area (Å²) in [4.78, 5) is 42.8. The average Bonchev–Trinajstić information content (AvgIpc) is 3.24. The molecule has 2 N–H and O–H groups in total. The molecule has 3 aliphatic heterocycles. The molecule has 3 heterocycles. The van der Waals surface area contributed by atoms with Crippen molar-refractivity contribution in [3.05, 3.63) is 12.7 Å². The third kappa shape index (κ3) is 3.02. The minimum Gasteiger partial charge on any atom is -0.481 e. The van der Waals surface area contributed by atoms with Crippen molar-refractivity contribution >= 4 is 29.5 Å². The van der Waals surface area contributed by atoms with Crippen molar-refractivity contribution in [2.75, 3.05) is 13.2 Å². The summed E-state index contributed by atoms with van der Waals surface area (Å²) in [6, 6.07) is -1.36. The Labute approximate surface area is 176 Å². The Balaban J connectivity index is 2.16. The number of aliphatic carboxylic acids is 1. The fourth-order valence-electron chi connectivity index (χ4n) is 5.68. The van der Waals surface area contributed by atoms with Gasteiger partial charge in [0.1, 0.15) is 6.04 Å². The molecule has 3 rings (SSSR count). The molecule has 162 valence electrons. The van der Waals surface area contributed by atoms with Crippen LogP contribution in [0.3, 0.4) is 0 Å². The largest absolute Gasteiger partial charge is 0.481 e. The second-order valence-corrected chi connectivity index (χ2v) is 10.3. The molecule has 3 saturated heterocycles. The highest BCUT2D eigenvalue weighted by Crippen LogP contribution is 2.69. The zero-order chi connectivity index (χ0) is 21.7. The lowest BCUT2D eigenvalue weighted by Crippen LogP contribution is -2.60. The molecule has 0 saturated carbocycles. The predicted octanol–water partition coefficient (Wildman–Crippen LogP) is 1.60. The number of aliphatic hydroxyl groups excluding tert-OH is 1. The SMILES string of the molecule is C=CCN(C(=O)C1N([C@@H](CC)CO)C(=O)[C@@H]2[C@H](C(=O)O)[C@@H]3CC(C)C12S3)C(C)C. The van der Waals surface area contributed by atoms with Crippen LogP contribution in [0.15, 0.2) is 12.7 Å². The second-order valence-electron chi connectivity index (χ2n) is 8.75. The third-order valence-electron chi connectivity index (χ3n) is 7.01. The van der Waals surface area contributed by atoms with Crippen LogP contribution in [0.4, 0.5) is 0 Å². The van der Waals surface area contributed by atoms with Crippen LogP contribution in [0.1, 0.15) is 40.5 Å². The van der Waals surface area contributed by atoms with E-state index < -0.39 is 34.6 Å². The number of carbonyl (C=O) groups is 3. The highest BCUT2D eigenvalue weighted by atomic mass is 32.2. The van der Waals surface area contributed by atoms with E-state index in [1.54, 1.807) is 11.0 Å². The van der Waals surface area contributed by atoms with Crippen LogP contribution in [0, 0.1) is 17.8 Å². The van der Waals surface area contributed by atoms with Crippen LogP contribution < -0.4 is 0 Å². The highest BCUT2D eigenvalue weighted by Gasteiger charge is 2.76. The summed E-state index contributed by atoms with van der Waals surface area (Å²) in [7, 11) is 0. The number of amides is 2. The van der Waals surface area contributed by atoms with E-state index in [4.69, 9.17) is 0 Å². The third-order valence-corrected chi connectivity index (χ3v) is 9.09. The molecular formula is C21H32N2O5S. The highest BCUT2D eigenvalue weighted by molar-refractivity contribution is 8.02. The van der Waals surface area contributed by atoms with Crippen molar-refractivity contribution in [3.63, 3.8) is 0 Å². The summed E-state index contributed by atoms with van der Waals surface area (Å²) in [5.74, 6) is -2.91. The summed E-state index contributed by atoms with van der Waals surface area (Å²) < 4.78 is -0.765. The van der Waals surface area contributed by atoms with E-state index in [1.807, 2.05) is 27.7 Å². The van der Waals surface area contributed by atoms with Crippen LogP contribution in [0.25, 0.3) is 0 Å². The molecule has 8 heteroatoms. The minimum absolute atomic E-state index is 0.0370. The van der Waals surface area contributed by atoms with Crippen LogP contribution in [-0.2, 0) is 14.4 Å². The van der Waals surface area contributed by atoms with Crippen molar-refractivity contribution in [1.82, 2.24) is 9.80 Å². The van der Waals surface area contributed by atoms with Gasteiger partial charge in [0.05, 0.1) is 29.2 Å². The molecule has 0 radical (unpaired) electrons. The molecule has 3 fully saturated rings. The summed E-state index contributed by atoms with van der Waals surface area (Å²) in [5, 5.41) is 19.7. The first-order valence-electron chi connectivity index (χ1n) is 10.4. The number of rotatable bonds is 8. The van der Waals surface area contributed by atoms with E-state index in [1.165, 1.54) is 16.7 Å². The molecule has 0 aromatic carbocycles. The van der Waals surface area contributed by atoms with Crippen molar-refractivity contribution in [2.45, 2.75) is 68.7 Å². The van der Waals surface area contributed by atoms with Crippen molar-refractivity contribution < 1.29 is 24.6 Å². The van der Waals surface area contributed by atoms with Gasteiger partial charge in [0.25, 0.3) is 0 Å². The molecular weight excluding hydrogens is 392 g/mol. The molecule has 7 nitrogen and oxygen atoms in total. The maximum absolute atomic E-state index is 13.9. The Hall–Kier alpha value is -1.54. The first-order chi connectivity index (χ1) is 13.7. The second kappa shape index (κ2) is 7.95. The number of hydrogen-bond donors (Lipinski definition) is 2. The van der Waals surface area contributed by atoms with Gasteiger partial charge < -0.3 is 20.0 Å². The Bertz CT molecular complexity index is 709. The molecule has 2 bridgehead atoms. The number of carboxylic acid groups (broad SMARTS) is 1. The quantitative estimate of drug-likeness (QED) is 0.575. The number of nitrogens with zero attached hydrogens (tertiary/aromatic N) is 2. The average molecular weight is 425 g/mol. The fourth-order valence-corrected chi connectivity index (χ4v) is 8.07. The lowest BCUT2D eigenvalue weighted by atomic mass is 9.66. The Morgan fingerprint density at radius 2 is 2.10 bits per heavy atom. The van der Waals surface area contributed by atoms with Gasteiger partial charge in [-0.25, -0.2) is 0 Å². The first kappa shape index (κ1) is 22.2. The normalized spacial score (nSPS) is 36.4. The van der Waals surface area contributed by atoms with Gasteiger partial charge >= 0.3 is 5.97 Å². The van der Waals surface area contributed by atoms with Crippen molar-refractivity contribution in [2.24, 2.45) is 17.8 Å². The van der Waals surface area contributed by atoms with Crippen LogP contribution in [0.2, 0.25) is 0 Å². The predicted molar refractivity (Wildman–Crippen MR) is 111 cm³/mol. The van der Waals surface area contributed by atoms with E-state index in [0.717, 1.165) is 0 Å². The van der Waals surface area contributed by atoms with E-state index in [2.05, 4.69) is 6.58 Å². The zero-order valence-corrected chi connectivity index (χ0v) is 18.4. The lowest BCUT2D eigenvalue weighted by Gasteiger charge is -2.42. The topological polar surface area (TPSA) is 98.2 Å². The number of carboxylic acids is 1. The van der Waals surface area contributed by atoms with Crippen molar-refractivity contribution in [3.8, 4) is 0 Å². The molecule has 0 aromatic heterocycles. The van der Waals surface area contributed by atoms with Gasteiger partial charge in [-0.2, -0.15) is 0 Å². The van der Waals surface area contributed by atoms with Gasteiger partial charge in [0.2, 0.25) is 11.8 Å². The van der Waals surface area contributed by atoms with Crippen molar-refractivity contribution in [1.29, 1.82) is 0 Å². The number of carbonyl (C=O) groups excluding carboxylic acids is 2. The molecule has 1 spiro atoms. The molecule has 3 unspecified atom stereocenters. The standard InChI is InChI=1S/C21H32N2O5S/c1-6-8-22(11(3)4)19(26)17-21-12(5)9-14(29-21)15(20(27)28)16(21)18(25)23(17)13(7-2)10-24/h6,11-17,24H,1,7-10H2,2-5H3,(H,27,28)/t12?,13-,14-,15+,16-,17?,21?/m0/s1. The molecule has 7 atom stereocenters. The Morgan fingerprint density at radius 1 is 1.45 bits per heavy atom. The minimum atomic E-state index is -0.966. The Morgan fingerprint density at radius 3 is 2.59 bits per heavy atom. The van der Waals surface area contributed by atoms with Crippen LogP contribution in [0.5, 0.6) is 0 Å². The number of fused-ring (bicyclic) bond motifs is 1. The molecule has 3 aliphatic rings. The van der Waals surface area contributed by atoms with E-state index in [0.29, 0.717) is 19.4 Å².